The second-order valence-corrected chi connectivity index (χ2v) is 7.37. The van der Waals surface area contributed by atoms with Gasteiger partial charge in [0.05, 0.1) is 6.61 Å². The van der Waals surface area contributed by atoms with E-state index >= 15 is 0 Å². The molecule has 0 amide bonds. The molecule has 0 N–H and O–H groups in total. The zero-order valence-corrected chi connectivity index (χ0v) is 18.2. The molecule has 1 saturated heterocycles. The standard InChI is InChI=1S/C23H34O7/c1-4-6-13-26-20-19(16-28-17(3)24)30-23(25)22(21(20)27-14-7-5-2)29-15-18-11-9-8-10-12-18/h8-12,19-22H,4-7,13-16H2,1-3H3/t19-,20-,21+,22-/m1/s1. The van der Waals surface area contributed by atoms with Crippen LogP contribution in [0.2, 0.25) is 0 Å². The number of esters is 2. The highest BCUT2D eigenvalue weighted by molar-refractivity contribution is 5.77. The summed E-state index contributed by atoms with van der Waals surface area (Å²) in [6.45, 7) is 6.62. The highest BCUT2D eigenvalue weighted by Crippen LogP contribution is 2.26. The largest absolute Gasteiger partial charge is 0.462 e. The van der Waals surface area contributed by atoms with E-state index in [-0.39, 0.29) is 13.2 Å². The number of hydrogen-bond acceptors (Lipinski definition) is 7. The van der Waals surface area contributed by atoms with Crippen LogP contribution in [0.1, 0.15) is 52.0 Å². The van der Waals surface area contributed by atoms with Gasteiger partial charge in [0.25, 0.3) is 0 Å². The van der Waals surface area contributed by atoms with Gasteiger partial charge < -0.3 is 23.7 Å². The van der Waals surface area contributed by atoms with Crippen molar-refractivity contribution in [3.8, 4) is 0 Å². The molecule has 1 aromatic carbocycles. The van der Waals surface area contributed by atoms with Crippen LogP contribution >= 0.6 is 0 Å². The van der Waals surface area contributed by atoms with Crippen LogP contribution in [0.15, 0.2) is 30.3 Å². The molecule has 0 bridgehead atoms. The maximum absolute atomic E-state index is 12.8. The number of hydrogen-bond donors (Lipinski definition) is 0. The molecule has 7 nitrogen and oxygen atoms in total. The van der Waals surface area contributed by atoms with Crippen LogP contribution < -0.4 is 0 Å². The summed E-state index contributed by atoms with van der Waals surface area (Å²) in [6, 6.07) is 9.61. The molecule has 0 unspecified atom stereocenters. The fourth-order valence-corrected chi connectivity index (χ4v) is 3.16. The van der Waals surface area contributed by atoms with E-state index < -0.39 is 36.4 Å². The Bertz CT molecular complexity index is 634. The van der Waals surface area contributed by atoms with E-state index in [1.165, 1.54) is 6.92 Å². The molecule has 0 saturated carbocycles. The van der Waals surface area contributed by atoms with Crippen LogP contribution in [0.3, 0.4) is 0 Å². The average molecular weight is 423 g/mol. The first kappa shape index (κ1) is 24.3. The molecule has 1 aliphatic rings. The predicted molar refractivity (Wildman–Crippen MR) is 111 cm³/mol. The van der Waals surface area contributed by atoms with Crippen LogP contribution in [0.4, 0.5) is 0 Å². The van der Waals surface area contributed by atoms with E-state index in [1.54, 1.807) is 0 Å². The van der Waals surface area contributed by atoms with E-state index in [0.717, 1.165) is 31.2 Å². The van der Waals surface area contributed by atoms with Crippen molar-refractivity contribution in [2.75, 3.05) is 19.8 Å². The van der Waals surface area contributed by atoms with Gasteiger partial charge in [0.15, 0.2) is 12.2 Å². The molecule has 7 heteroatoms. The van der Waals surface area contributed by atoms with Gasteiger partial charge in [-0.1, -0.05) is 57.0 Å². The van der Waals surface area contributed by atoms with Crippen molar-refractivity contribution in [2.45, 2.75) is 77.5 Å². The molecule has 0 aromatic heterocycles. The van der Waals surface area contributed by atoms with Crippen LogP contribution in [0.5, 0.6) is 0 Å². The highest BCUT2D eigenvalue weighted by Gasteiger charge is 2.48. The van der Waals surface area contributed by atoms with Gasteiger partial charge in [-0.25, -0.2) is 4.79 Å². The first-order chi connectivity index (χ1) is 14.6. The van der Waals surface area contributed by atoms with E-state index in [0.29, 0.717) is 13.2 Å². The third kappa shape index (κ3) is 7.70. The first-order valence-electron chi connectivity index (χ1n) is 10.8. The van der Waals surface area contributed by atoms with Crippen molar-refractivity contribution < 1.29 is 33.3 Å². The van der Waals surface area contributed by atoms with Crippen LogP contribution in [0.25, 0.3) is 0 Å². The Hall–Kier alpha value is -1.96. The van der Waals surface area contributed by atoms with Gasteiger partial charge in [0.1, 0.15) is 18.8 Å². The Labute approximate surface area is 179 Å². The van der Waals surface area contributed by atoms with Crippen molar-refractivity contribution >= 4 is 11.9 Å². The lowest BCUT2D eigenvalue weighted by Gasteiger charge is -2.40. The summed E-state index contributed by atoms with van der Waals surface area (Å²) in [5.74, 6) is -0.968. The summed E-state index contributed by atoms with van der Waals surface area (Å²) in [7, 11) is 0. The number of unbranched alkanes of at least 4 members (excludes halogenated alkanes) is 2. The Kier molecular flexibility index (Phi) is 10.8. The number of carbonyl (C=O) groups is 2. The van der Waals surface area contributed by atoms with Gasteiger partial charge >= 0.3 is 11.9 Å². The van der Waals surface area contributed by atoms with Gasteiger partial charge in [-0.3, -0.25) is 4.79 Å². The van der Waals surface area contributed by atoms with Gasteiger partial charge in [-0.2, -0.15) is 0 Å². The molecule has 1 aliphatic heterocycles. The normalized spacial score (nSPS) is 23.8. The van der Waals surface area contributed by atoms with Crippen molar-refractivity contribution in [3.05, 3.63) is 35.9 Å². The molecule has 0 aliphatic carbocycles. The van der Waals surface area contributed by atoms with Crippen LogP contribution in [0, 0.1) is 0 Å². The lowest BCUT2D eigenvalue weighted by Crippen LogP contribution is -2.59. The third-order valence-electron chi connectivity index (χ3n) is 4.83. The fraction of sp³-hybridized carbons (Fsp3) is 0.652. The molecule has 4 atom stereocenters. The van der Waals surface area contributed by atoms with Crippen molar-refractivity contribution in [3.63, 3.8) is 0 Å². The zero-order valence-electron chi connectivity index (χ0n) is 18.2. The topological polar surface area (TPSA) is 80.3 Å². The van der Waals surface area contributed by atoms with Crippen molar-refractivity contribution in [1.29, 1.82) is 0 Å². The lowest BCUT2D eigenvalue weighted by molar-refractivity contribution is -0.234. The number of cyclic esters (lactones) is 1. The quantitative estimate of drug-likeness (QED) is 0.356. The Morgan fingerprint density at radius 2 is 1.60 bits per heavy atom. The predicted octanol–water partition coefficient (Wildman–Crippen LogP) is 3.43. The Morgan fingerprint density at radius 1 is 0.967 bits per heavy atom. The highest BCUT2D eigenvalue weighted by atomic mass is 16.6. The first-order valence-corrected chi connectivity index (χ1v) is 10.8. The number of rotatable bonds is 13. The number of ether oxygens (including phenoxy) is 5. The van der Waals surface area contributed by atoms with E-state index in [9.17, 15) is 9.59 Å². The molecule has 0 radical (unpaired) electrons. The summed E-state index contributed by atoms with van der Waals surface area (Å²) in [6.07, 6.45) is 0.783. The van der Waals surface area contributed by atoms with E-state index in [4.69, 9.17) is 23.7 Å². The summed E-state index contributed by atoms with van der Waals surface area (Å²) in [4.78, 5) is 24.1. The monoisotopic (exact) mass is 422 g/mol. The molecular weight excluding hydrogens is 388 g/mol. The summed E-state index contributed by atoms with van der Waals surface area (Å²) in [5, 5.41) is 0. The molecule has 1 fully saturated rings. The van der Waals surface area contributed by atoms with Crippen LogP contribution in [-0.4, -0.2) is 56.2 Å². The Morgan fingerprint density at radius 3 is 2.20 bits per heavy atom. The smallest absolute Gasteiger partial charge is 0.338 e. The minimum Gasteiger partial charge on any atom is -0.462 e. The summed E-state index contributed by atoms with van der Waals surface area (Å²) >= 11 is 0. The fourth-order valence-electron chi connectivity index (χ4n) is 3.16. The third-order valence-corrected chi connectivity index (χ3v) is 4.83. The van der Waals surface area contributed by atoms with Gasteiger partial charge in [0, 0.05) is 20.1 Å². The molecular formula is C23H34O7. The van der Waals surface area contributed by atoms with E-state index in [2.05, 4.69) is 13.8 Å². The van der Waals surface area contributed by atoms with Crippen LogP contribution in [-0.2, 0) is 39.9 Å². The maximum Gasteiger partial charge on any atom is 0.338 e. The minimum absolute atomic E-state index is 0.0725. The molecule has 1 heterocycles. The Balaban J connectivity index is 2.17. The summed E-state index contributed by atoms with van der Waals surface area (Å²) in [5.41, 5.74) is 0.947. The summed E-state index contributed by atoms with van der Waals surface area (Å²) < 4.78 is 28.8. The van der Waals surface area contributed by atoms with E-state index in [1.807, 2.05) is 30.3 Å². The zero-order chi connectivity index (χ0) is 21.8. The second kappa shape index (κ2) is 13.4. The SMILES string of the molecule is CCCCO[C@H]1[C@H](OCCCC)[C@@H](OCc2ccccc2)C(=O)O[C@@H]1COC(C)=O. The van der Waals surface area contributed by atoms with Crippen molar-refractivity contribution in [2.24, 2.45) is 0 Å². The molecule has 1 aromatic rings. The maximum atomic E-state index is 12.8. The molecule has 168 valence electrons. The van der Waals surface area contributed by atoms with Gasteiger partial charge in [0.2, 0.25) is 0 Å². The van der Waals surface area contributed by atoms with Crippen molar-refractivity contribution in [1.82, 2.24) is 0 Å². The number of benzene rings is 1. The number of carbonyl (C=O) groups excluding carboxylic acids is 2. The van der Waals surface area contributed by atoms with Gasteiger partial charge in [-0.05, 0) is 18.4 Å². The minimum atomic E-state index is -0.915. The lowest BCUT2D eigenvalue weighted by atomic mass is 9.98. The molecule has 0 spiro atoms. The molecule has 2 rings (SSSR count). The molecule has 30 heavy (non-hydrogen) atoms. The van der Waals surface area contributed by atoms with Gasteiger partial charge in [-0.15, -0.1) is 0 Å². The second-order valence-electron chi connectivity index (χ2n) is 7.37. The average Bonchev–Trinajstić information content (AvgIpc) is 2.74.